The molecule has 0 aliphatic heterocycles. The minimum absolute atomic E-state index is 0.271. The molecule has 1 aromatic carbocycles. The minimum atomic E-state index is 0.271. The van der Waals surface area contributed by atoms with Crippen LogP contribution in [-0.4, -0.2) is 13.2 Å². The maximum Gasteiger partial charge on any atom is 0.125 e. The molecule has 1 unspecified atom stereocenters. The van der Waals surface area contributed by atoms with E-state index in [1.165, 1.54) is 5.54 Å². The van der Waals surface area contributed by atoms with Gasteiger partial charge < -0.3 is 10.1 Å². The normalized spacial score (nSPS) is 12.9. The van der Waals surface area contributed by atoms with E-state index in [2.05, 4.69) is 41.2 Å². The molecule has 4 heteroatoms. The molecule has 100 valence electrons. The summed E-state index contributed by atoms with van der Waals surface area (Å²) < 4.78 is 6.73. The Balaban J connectivity index is 2.81. The first-order chi connectivity index (χ1) is 8.69. The Hall–Kier alpha value is -0.510. The van der Waals surface area contributed by atoms with Crippen molar-refractivity contribution in [3.63, 3.8) is 0 Å². The molecule has 0 aromatic heterocycles. The Morgan fingerprint density at radius 2 is 2.28 bits per heavy atom. The predicted octanol–water partition coefficient (Wildman–Crippen LogP) is 4.64. The summed E-state index contributed by atoms with van der Waals surface area (Å²) in [4.78, 5) is 0. The highest BCUT2D eigenvalue weighted by molar-refractivity contribution is 9.10. The van der Waals surface area contributed by atoms with Gasteiger partial charge in [0.05, 0.1) is 0 Å². The van der Waals surface area contributed by atoms with E-state index in [0.717, 1.165) is 28.8 Å². The van der Waals surface area contributed by atoms with E-state index in [0.29, 0.717) is 6.61 Å². The van der Waals surface area contributed by atoms with Crippen LogP contribution >= 0.6 is 27.5 Å². The summed E-state index contributed by atoms with van der Waals surface area (Å²) in [6, 6.07) is 6.37. The lowest BCUT2D eigenvalue weighted by Crippen LogP contribution is -2.20. The molecule has 1 atom stereocenters. The van der Waals surface area contributed by atoms with Crippen LogP contribution in [0.3, 0.4) is 0 Å². The highest BCUT2D eigenvalue weighted by Crippen LogP contribution is 2.28. The van der Waals surface area contributed by atoms with Gasteiger partial charge >= 0.3 is 0 Å². The highest BCUT2D eigenvalue weighted by atomic mass is 79.9. The summed E-state index contributed by atoms with van der Waals surface area (Å²) in [6.07, 6.45) is 2.89. The van der Waals surface area contributed by atoms with Gasteiger partial charge in [-0.15, -0.1) is 0 Å². The second-order valence-corrected chi connectivity index (χ2v) is 5.20. The molecule has 0 saturated heterocycles. The highest BCUT2D eigenvalue weighted by Gasteiger charge is 2.11. The summed E-state index contributed by atoms with van der Waals surface area (Å²) in [5, 5.41) is 3.46. The van der Waals surface area contributed by atoms with Crippen molar-refractivity contribution in [1.82, 2.24) is 5.32 Å². The van der Waals surface area contributed by atoms with Gasteiger partial charge in [-0.25, -0.2) is 0 Å². The maximum atomic E-state index is 5.72. The molecule has 0 radical (unpaired) electrons. The monoisotopic (exact) mass is 331 g/mol. The number of hydrogen-bond acceptors (Lipinski definition) is 2. The smallest absolute Gasteiger partial charge is 0.125 e. The summed E-state index contributed by atoms with van der Waals surface area (Å²) in [6.45, 7) is 5.78. The standard InChI is InChI=1S/C14H19BrClNO/c1-3-8-17-11(2)13-6-5-12(15)10-14(13)18-9-4-7-16/h4-7,10-11,17H,3,8-9H2,1-2H3/b7-4+. The zero-order valence-corrected chi connectivity index (χ0v) is 13.1. The van der Waals surface area contributed by atoms with Gasteiger partial charge in [0.15, 0.2) is 0 Å². The van der Waals surface area contributed by atoms with Crippen LogP contribution < -0.4 is 10.1 Å². The molecule has 1 aromatic rings. The average molecular weight is 333 g/mol. The van der Waals surface area contributed by atoms with Crippen molar-refractivity contribution in [3.8, 4) is 5.75 Å². The van der Waals surface area contributed by atoms with Crippen molar-refractivity contribution < 1.29 is 4.74 Å². The molecule has 0 fully saturated rings. The van der Waals surface area contributed by atoms with E-state index >= 15 is 0 Å². The van der Waals surface area contributed by atoms with E-state index in [1.54, 1.807) is 6.08 Å². The molecule has 0 saturated carbocycles. The first kappa shape index (κ1) is 15.5. The van der Waals surface area contributed by atoms with Gasteiger partial charge in [0.1, 0.15) is 12.4 Å². The van der Waals surface area contributed by atoms with Crippen molar-refractivity contribution in [2.45, 2.75) is 26.3 Å². The van der Waals surface area contributed by atoms with Crippen LogP contribution in [0.4, 0.5) is 0 Å². The molecule has 1 N–H and O–H groups in total. The lowest BCUT2D eigenvalue weighted by Gasteiger charge is -2.18. The van der Waals surface area contributed by atoms with Crippen molar-refractivity contribution in [2.24, 2.45) is 0 Å². The zero-order valence-electron chi connectivity index (χ0n) is 10.7. The molecular formula is C14H19BrClNO. The zero-order chi connectivity index (χ0) is 13.4. The summed E-state index contributed by atoms with van der Waals surface area (Å²) >= 11 is 8.95. The quantitative estimate of drug-likeness (QED) is 0.785. The summed E-state index contributed by atoms with van der Waals surface area (Å²) in [5.74, 6) is 0.884. The molecule has 0 amide bonds. The fourth-order valence-electron chi connectivity index (χ4n) is 1.64. The van der Waals surface area contributed by atoms with Gasteiger partial charge in [-0.2, -0.15) is 0 Å². The largest absolute Gasteiger partial charge is 0.489 e. The van der Waals surface area contributed by atoms with Gasteiger partial charge in [-0.3, -0.25) is 0 Å². The SMILES string of the molecule is CCCNC(C)c1ccc(Br)cc1OC/C=C/Cl. The van der Waals surface area contributed by atoms with E-state index in [9.17, 15) is 0 Å². The predicted molar refractivity (Wildman–Crippen MR) is 81.3 cm³/mol. The Morgan fingerprint density at radius 3 is 2.94 bits per heavy atom. The molecule has 0 aliphatic rings. The first-order valence-corrected chi connectivity index (χ1v) is 7.32. The van der Waals surface area contributed by atoms with Crippen LogP contribution in [0.15, 0.2) is 34.3 Å². The second-order valence-electron chi connectivity index (χ2n) is 4.03. The van der Waals surface area contributed by atoms with Crippen LogP contribution in [-0.2, 0) is 0 Å². The molecule has 0 bridgehead atoms. The summed E-state index contributed by atoms with van der Waals surface area (Å²) in [7, 11) is 0. The topological polar surface area (TPSA) is 21.3 Å². The van der Waals surface area contributed by atoms with Crippen LogP contribution in [0.1, 0.15) is 31.9 Å². The van der Waals surface area contributed by atoms with E-state index in [-0.39, 0.29) is 6.04 Å². The molecule has 0 aliphatic carbocycles. The molecular weight excluding hydrogens is 314 g/mol. The number of benzene rings is 1. The molecule has 18 heavy (non-hydrogen) atoms. The van der Waals surface area contributed by atoms with E-state index < -0.39 is 0 Å². The van der Waals surface area contributed by atoms with Crippen LogP contribution in [0.2, 0.25) is 0 Å². The lowest BCUT2D eigenvalue weighted by molar-refractivity contribution is 0.353. The fraction of sp³-hybridized carbons (Fsp3) is 0.429. The van der Waals surface area contributed by atoms with E-state index in [4.69, 9.17) is 16.3 Å². The number of ether oxygens (including phenoxy) is 1. The third-order valence-electron chi connectivity index (χ3n) is 2.57. The van der Waals surface area contributed by atoms with Crippen LogP contribution in [0.25, 0.3) is 0 Å². The maximum absolute atomic E-state index is 5.72. The Bertz CT molecular complexity index is 395. The lowest BCUT2D eigenvalue weighted by atomic mass is 10.1. The molecule has 0 heterocycles. The van der Waals surface area contributed by atoms with Gasteiger partial charge in [-0.1, -0.05) is 40.5 Å². The van der Waals surface area contributed by atoms with Crippen molar-refractivity contribution in [1.29, 1.82) is 0 Å². The molecule has 2 nitrogen and oxygen atoms in total. The Kier molecular flexibility index (Phi) is 7.40. The first-order valence-electron chi connectivity index (χ1n) is 6.09. The van der Waals surface area contributed by atoms with Gasteiger partial charge in [0, 0.05) is 21.6 Å². The molecule has 1 rings (SSSR count). The van der Waals surface area contributed by atoms with Crippen molar-refractivity contribution >= 4 is 27.5 Å². The second kappa shape index (κ2) is 8.57. The third-order valence-corrected chi connectivity index (χ3v) is 3.24. The number of rotatable bonds is 7. The van der Waals surface area contributed by atoms with Crippen LogP contribution in [0.5, 0.6) is 5.75 Å². The van der Waals surface area contributed by atoms with Gasteiger partial charge in [-0.05, 0) is 38.1 Å². The Labute approximate surface area is 122 Å². The summed E-state index contributed by atoms with van der Waals surface area (Å²) in [5.41, 5.74) is 2.63. The van der Waals surface area contributed by atoms with Crippen molar-refractivity contribution in [3.05, 3.63) is 39.8 Å². The van der Waals surface area contributed by atoms with Crippen LogP contribution in [0, 0.1) is 0 Å². The third kappa shape index (κ3) is 5.01. The fourth-order valence-corrected chi connectivity index (χ4v) is 2.05. The minimum Gasteiger partial charge on any atom is -0.489 e. The van der Waals surface area contributed by atoms with Crippen molar-refractivity contribution in [2.75, 3.05) is 13.2 Å². The number of hydrogen-bond donors (Lipinski definition) is 1. The molecule has 0 spiro atoms. The average Bonchev–Trinajstić information content (AvgIpc) is 2.36. The number of nitrogens with one attached hydrogen (secondary N) is 1. The van der Waals surface area contributed by atoms with E-state index in [1.807, 2.05) is 12.1 Å². The van der Waals surface area contributed by atoms with Gasteiger partial charge in [0.2, 0.25) is 0 Å². The number of halogens is 2. The Morgan fingerprint density at radius 1 is 1.50 bits per heavy atom. The van der Waals surface area contributed by atoms with Gasteiger partial charge in [0.25, 0.3) is 0 Å².